The number of anilines is 1. The third-order valence-electron chi connectivity index (χ3n) is 5.11. The molecule has 1 N–H and O–H groups in total. The van der Waals surface area contributed by atoms with E-state index in [-0.39, 0.29) is 5.75 Å². The second-order valence-electron chi connectivity index (χ2n) is 6.87. The fourth-order valence-corrected chi connectivity index (χ4v) is 4.75. The lowest BCUT2D eigenvalue weighted by Gasteiger charge is -2.38. The number of nitrogens with one attached hydrogen (secondary N) is 1. The van der Waals surface area contributed by atoms with Crippen molar-refractivity contribution in [3.63, 3.8) is 0 Å². The van der Waals surface area contributed by atoms with E-state index in [0.717, 1.165) is 48.7 Å². The van der Waals surface area contributed by atoms with Crippen molar-refractivity contribution < 1.29 is 8.42 Å². The first-order chi connectivity index (χ1) is 12.6. The Hall–Kier alpha value is -2.06. The maximum absolute atomic E-state index is 11.8. The summed E-state index contributed by atoms with van der Waals surface area (Å²) in [4.78, 5) is 13.5. The highest BCUT2D eigenvalue weighted by molar-refractivity contribution is 7.89. The monoisotopic (exact) mass is 373 g/mol. The van der Waals surface area contributed by atoms with Crippen molar-refractivity contribution >= 4 is 15.8 Å². The molecule has 1 saturated heterocycles. The molecule has 0 saturated carbocycles. The van der Waals surface area contributed by atoms with Crippen LogP contribution in [0.3, 0.4) is 0 Å². The van der Waals surface area contributed by atoms with E-state index in [1.165, 1.54) is 5.56 Å². The zero-order valence-corrected chi connectivity index (χ0v) is 15.7. The third-order valence-corrected chi connectivity index (χ3v) is 6.93. The third kappa shape index (κ3) is 3.31. The van der Waals surface area contributed by atoms with Crippen molar-refractivity contribution in [3.8, 4) is 11.4 Å². The van der Waals surface area contributed by atoms with Crippen molar-refractivity contribution in [2.75, 3.05) is 30.7 Å². The van der Waals surface area contributed by atoms with E-state index in [1.54, 1.807) is 23.6 Å². The van der Waals surface area contributed by atoms with E-state index >= 15 is 0 Å². The number of pyridine rings is 1. The summed E-state index contributed by atoms with van der Waals surface area (Å²) in [5.41, 5.74) is 3.29. The molecule has 2 aromatic rings. The molecule has 0 aromatic carbocycles. The number of aryl methyl sites for hydroxylation is 1. The molecule has 1 fully saturated rings. The van der Waals surface area contributed by atoms with Gasteiger partial charge in [-0.3, -0.25) is 4.98 Å². The number of rotatable bonds is 6. The summed E-state index contributed by atoms with van der Waals surface area (Å²) in [7, 11) is -3.06. The zero-order valence-electron chi connectivity index (χ0n) is 14.9. The molecular formula is C18H23N5O2S. The van der Waals surface area contributed by atoms with Gasteiger partial charge in [0, 0.05) is 54.8 Å². The van der Waals surface area contributed by atoms with Crippen LogP contribution in [0.25, 0.3) is 11.4 Å². The van der Waals surface area contributed by atoms with Gasteiger partial charge in [0.05, 0.1) is 5.75 Å². The first kappa shape index (κ1) is 17.4. The Labute approximate surface area is 153 Å². The van der Waals surface area contributed by atoms with Crippen LogP contribution >= 0.6 is 0 Å². The zero-order chi connectivity index (χ0) is 18.1. The molecule has 0 spiro atoms. The Balaban J connectivity index is 1.48. The largest absolute Gasteiger partial charge is 0.369 e. The molecule has 26 heavy (non-hydrogen) atoms. The second kappa shape index (κ2) is 6.92. The van der Waals surface area contributed by atoms with Crippen molar-refractivity contribution in [1.29, 1.82) is 0 Å². The van der Waals surface area contributed by atoms with Gasteiger partial charge in [-0.2, -0.15) is 0 Å². The highest BCUT2D eigenvalue weighted by Crippen LogP contribution is 2.30. The Bertz CT molecular complexity index is 895. The number of hydrogen-bond donors (Lipinski definition) is 1. The van der Waals surface area contributed by atoms with Crippen LogP contribution in [0.4, 0.5) is 5.82 Å². The fraction of sp³-hybridized carbons (Fsp3) is 0.500. The molecule has 2 aromatic heterocycles. The van der Waals surface area contributed by atoms with E-state index in [1.807, 2.05) is 12.1 Å². The van der Waals surface area contributed by atoms with Gasteiger partial charge in [-0.25, -0.2) is 22.7 Å². The predicted octanol–water partition coefficient (Wildman–Crippen LogP) is 1.72. The van der Waals surface area contributed by atoms with E-state index in [2.05, 4.69) is 10.3 Å². The quantitative estimate of drug-likeness (QED) is 0.829. The summed E-state index contributed by atoms with van der Waals surface area (Å²) in [6.07, 6.45) is 6.57. The molecule has 1 aliphatic heterocycles. The maximum atomic E-state index is 11.8. The van der Waals surface area contributed by atoms with E-state index in [0.29, 0.717) is 19.0 Å². The SMILES string of the molecule is CCS(=O)(=O)N1CC(CNc2nc(-c3ccncc3)nc3c2CCC3)C1. The molecule has 3 heterocycles. The minimum atomic E-state index is -3.06. The van der Waals surface area contributed by atoms with Crippen LogP contribution < -0.4 is 5.32 Å². The van der Waals surface area contributed by atoms with Gasteiger partial charge in [0.2, 0.25) is 10.0 Å². The van der Waals surface area contributed by atoms with Gasteiger partial charge in [-0.05, 0) is 38.3 Å². The van der Waals surface area contributed by atoms with Crippen LogP contribution in [0.2, 0.25) is 0 Å². The molecule has 0 amide bonds. The summed E-state index contributed by atoms with van der Waals surface area (Å²) in [6, 6.07) is 3.83. The van der Waals surface area contributed by atoms with E-state index in [4.69, 9.17) is 9.97 Å². The van der Waals surface area contributed by atoms with Crippen molar-refractivity contribution in [1.82, 2.24) is 19.3 Å². The Morgan fingerprint density at radius 3 is 2.69 bits per heavy atom. The van der Waals surface area contributed by atoms with Gasteiger partial charge in [0.25, 0.3) is 0 Å². The van der Waals surface area contributed by atoms with Gasteiger partial charge in [-0.15, -0.1) is 0 Å². The Morgan fingerprint density at radius 1 is 1.19 bits per heavy atom. The van der Waals surface area contributed by atoms with Crippen LogP contribution in [0.1, 0.15) is 24.6 Å². The first-order valence-electron chi connectivity index (χ1n) is 9.08. The minimum Gasteiger partial charge on any atom is -0.369 e. The van der Waals surface area contributed by atoms with Crippen LogP contribution in [-0.2, 0) is 22.9 Å². The lowest BCUT2D eigenvalue weighted by molar-refractivity contribution is 0.212. The topological polar surface area (TPSA) is 88.1 Å². The highest BCUT2D eigenvalue weighted by Gasteiger charge is 2.34. The number of fused-ring (bicyclic) bond motifs is 1. The summed E-state index contributed by atoms with van der Waals surface area (Å²) >= 11 is 0. The fourth-order valence-electron chi connectivity index (χ4n) is 3.51. The molecular weight excluding hydrogens is 350 g/mol. The smallest absolute Gasteiger partial charge is 0.213 e. The highest BCUT2D eigenvalue weighted by atomic mass is 32.2. The number of sulfonamides is 1. The van der Waals surface area contributed by atoms with E-state index in [9.17, 15) is 8.42 Å². The van der Waals surface area contributed by atoms with E-state index < -0.39 is 10.0 Å². The average Bonchev–Trinajstić information content (AvgIpc) is 3.09. The number of aromatic nitrogens is 3. The van der Waals surface area contributed by atoms with Crippen LogP contribution in [0.15, 0.2) is 24.5 Å². The summed E-state index contributed by atoms with van der Waals surface area (Å²) < 4.78 is 25.2. The molecule has 7 nitrogen and oxygen atoms in total. The van der Waals surface area contributed by atoms with Crippen LogP contribution in [0, 0.1) is 5.92 Å². The molecule has 0 radical (unpaired) electrons. The van der Waals surface area contributed by atoms with Gasteiger partial charge in [0.1, 0.15) is 5.82 Å². The first-order valence-corrected chi connectivity index (χ1v) is 10.7. The molecule has 2 aliphatic rings. The van der Waals surface area contributed by atoms with Gasteiger partial charge in [0.15, 0.2) is 5.82 Å². The van der Waals surface area contributed by atoms with Crippen molar-refractivity contribution in [2.45, 2.75) is 26.2 Å². The number of nitrogens with zero attached hydrogens (tertiary/aromatic N) is 4. The minimum absolute atomic E-state index is 0.169. The maximum Gasteiger partial charge on any atom is 0.213 e. The van der Waals surface area contributed by atoms with Crippen molar-refractivity contribution in [3.05, 3.63) is 35.8 Å². The summed E-state index contributed by atoms with van der Waals surface area (Å²) in [5, 5.41) is 3.46. The summed E-state index contributed by atoms with van der Waals surface area (Å²) in [6.45, 7) is 3.60. The number of hydrogen-bond acceptors (Lipinski definition) is 6. The lowest BCUT2D eigenvalue weighted by Crippen LogP contribution is -2.52. The molecule has 0 unspecified atom stereocenters. The molecule has 4 rings (SSSR count). The second-order valence-corrected chi connectivity index (χ2v) is 9.13. The lowest BCUT2D eigenvalue weighted by atomic mass is 10.0. The van der Waals surface area contributed by atoms with Gasteiger partial charge >= 0.3 is 0 Å². The molecule has 8 heteroatoms. The van der Waals surface area contributed by atoms with Gasteiger partial charge < -0.3 is 5.32 Å². The Kier molecular flexibility index (Phi) is 4.62. The normalized spacial score (nSPS) is 17.7. The summed E-state index contributed by atoms with van der Waals surface area (Å²) in [5.74, 6) is 2.12. The standard InChI is InChI=1S/C18H23N5O2S/c1-2-26(24,25)23-11-13(12-23)10-20-18-15-4-3-5-16(15)21-17(22-18)14-6-8-19-9-7-14/h6-9,13H,2-5,10-12H2,1H3,(H,20,21,22). The molecule has 0 atom stereocenters. The molecule has 138 valence electrons. The molecule has 0 bridgehead atoms. The van der Waals surface area contributed by atoms with Crippen LogP contribution in [0.5, 0.6) is 0 Å². The van der Waals surface area contributed by atoms with Crippen molar-refractivity contribution in [2.24, 2.45) is 5.92 Å². The predicted molar refractivity (Wildman–Crippen MR) is 100 cm³/mol. The van der Waals surface area contributed by atoms with Gasteiger partial charge in [-0.1, -0.05) is 0 Å². The Morgan fingerprint density at radius 2 is 1.96 bits per heavy atom. The molecule has 1 aliphatic carbocycles. The average molecular weight is 373 g/mol. The van der Waals surface area contributed by atoms with Crippen LogP contribution in [-0.4, -0.2) is 53.1 Å².